The number of phenolic OH excluding ortho intramolecular Hbond substituents is 1. The minimum atomic E-state index is -1.03. The maximum absolute atomic E-state index is 9.30. The lowest BCUT2D eigenvalue weighted by Crippen LogP contribution is -2.05. The zero-order valence-corrected chi connectivity index (χ0v) is 9.33. The molecule has 78 valence electrons. The van der Waals surface area contributed by atoms with Gasteiger partial charge < -0.3 is 14.2 Å². The number of benzene rings is 1. The number of rotatable bonds is 5. The first kappa shape index (κ1) is 11.4. The molecule has 0 unspecified atom stereocenters. The van der Waals surface area contributed by atoms with Crippen molar-refractivity contribution in [3.63, 3.8) is 0 Å². The highest BCUT2D eigenvalue weighted by atomic mass is 31.2. The molecule has 14 heavy (non-hydrogen) atoms. The summed E-state index contributed by atoms with van der Waals surface area (Å²) in [7, 11) is -1.03. The zero-order chi connectivity index (χ0) is 10.4. The molecular formula is C10H15O3P. The average molecular weight is 214 g/mol. The average Bonchev–Trinajstić information content (AvgIpc) is 2.17. The Balaban J connectivity index is 2.75. The smallest absolute Gasteiger partial charge is 0.205 e. The Morgan fingerprint density at radius 1 is 1.21 bits per heavy atom. The van der Waals surface area contributed by atoms with Crippen molar-refractivity contribution in [1.29, 1.82) is 0 Å². The molecular weight excluding hydrogens is 199 g/mol. The van der Waals surface area contributed by atoms with E-state index in [0.717, 1.165) is 5.30 Å². The largest absolute Gasteiger partial charge is 0.508 e. The first-order valence-corrected chi connectivity index (χ1v) is 5.80. The monoisotopic (exact) mass is 214 g/mol. The van der Waals surface area contributed by atoms with Crippen molar-refractivity contribution in [2.75, 3.05) is 13.2 Å². The third-order valence-corrected chi connectivity index (χ3v) is 3.22. The van der Waals surface area contributed by atoms with Gasteiger partial charge in [-0.3, -0.25) is 0 Å². The lowest BCUT2D eigenvalue weighted by Gasteiger charge is -2.15. The fourth-order valence-electron chi connectivity index (χ4n) is 1.03. The summed E-state index contributed by atoms with van der Waals surface area (Å²) in [6.45, 7) is 5.08. The molecule has 0 radical (unpaired) electrons. The fraction of sp³-hybridized carbons (Fsp3) is 0.400. The number of hydrogen-bond acceptors (Lipinski definition) is 3. The maximum atomic E-state index is 9.30. The normalized spacial score (nSPS) is 10.8. The van der Waals surface area contributed by atoms with Gasteiger partial charge in [0.1, 0.15) is 5.75 Å². The summed E-state index contributed by atoms with van der Waals surface area (Å²) in [4.78, 5) is 0. The third kappa shape index (κ3) is 3.26. The van der Waals surface area contributed by atoms with E-state index >= 15 is 0 Å². The Hall–Kier alpha value is -0.630. The maximum Gasteiger partial charge on any atom is 0.205 e. The van der Waals surface area contributed by atoms with E-state index in [1.165, 1.54) is 0 Å². The first-order valence-electron chi connectivity index (χ1n) is 4.63. The molecule has 1 aromatic carbocycles. The van der Waals surface area contributed by atoms with Crippen molar-refractivity contribution in [1.82, 2.24) is 0 Å². The van der Waals surface area contributed by atoms with Gasteiger partial charge in [0, 0.05) is 5.30 Å². The highest BCUT2D eigenvalue weighted by Crippen LogP contribution is 2.37. The number of hydrogen-bond donors (Lipinski definition) is 1. The first-order chi connectivity index (χ1) is 6.77. The van der Waals surface area contributed by atoms with Crippen LogP contribution in [0.5, 0.6) is 5.75 Å². The standard InChI is InChI=1S/C10H15O3P/c1-3-12-14(13-4-2)10-7-5-6-9(11)8-10/h5-8,11H,3-4H2,1-2H3. The molecule has 0 atom stereocenters. The summed E-state index contributed by atoms with van der Waals surface area (Å²) < 4.78 is 10.9. The van der Waals surface area contributed by atoms with Gasteiger partial charge >= 0.3 is 0 Å². The SMILES string of the molecule is CCOP(OCC)c1cccc(O)c1. The Morgan fingerprint density at radius 3 is 2.36 bits per heavy atom. The zero-order valence-electron chi connectivity index (χ0n) is 8.43. The van der Waals surface area contributed by atoms with E-state index in [0.29, 0.717) is 13.2 Å². The molecule has 0 bridgehead atoms. The van der Waals surface area contributed by atoms with Gasteiger partial charge in [-0.25, -0.2) is 0 Å². The van der Waals surface area contributed by atoms with Crippen molar-refractivity contribution in [2.24, 2.45) is 0 Å². The molecule has 0 aromatic heterocycles. The predicted molar refractivity (Wildman–Crippen MR) is 57.9 cm³/mol. The summed E-state index contributed by atoms with van der Waals surface area (Å²) in [6, 6.07) is 7.00. The van der Waals surface area contributed by atoms with Crippen molar-refractivity contribution >= 4 is 13.7 Å². The lowest BCUT2D eigenvalue weighted by atomic mass is 10.3. The molecule has 0 heterocycles. The van der Waals surface area contributed by atoms with Crippen LogP contribution < -0.4 is 5.30 Å². The number of phenols is 1. The van der Waals surface area contributed by atoms with Crippen molar-refractivity contribution < 1.29 is 14.2 Å². The molecule has 0 aliphatic rings. The highest BCUT2D eigenvalue weighted by molar-refractivity contribution is 7.56. The van der Waals surface area contributed by atoms with Crippen LogP contribution in [0.15, 0.2) is 24.3 Å². The predicted octanol–water partition coefficient (Wildman–Crippen LogP) is 2.40. The second-order valence-electron chi connectivity index (χ2n) is 2.61. The molecule has 1 rings (SSSR count). The van der Waals surface area contributed by atoms with Crippen molar-refractivity contribution in [3.05, 3.63) is 24.3 Å². The van der Waals surface area contributed by atoms with Crippen LogP contribution in [-0.2, 0) is 9.05 Å². The molecule has 0 saturated carbocycles. The topological polar surface area (TPSA) is 38.7 Å². The Labute approximate surface area is 85.6 Å². The van der Waals surface area contributed by atoms with Gasteiger partial charge in [-0.2, -0.15) is 0 Å². The highest BCUT2D eigenvalue weighted by Gasteiger charge is 2.12. The van der Waals surface area contributed by atoms with Gasteiger partial charge in [-0.15, -0.1) is 0 Å². The molecule has 0 spiro atoms. The van der Waals surface area contributed by atoms with Crippen LogP contribution in [0.4, 0.5) is 0 Å². The molecule has 0 fully saturated rings. The van der Waals surface area contributed by atoms with Crippen LogP contribution >= 0.6 is 8.38 Å². The van der Waals surface area contributed by atoms with Gasteiger partial charge in [-0.1, -0.05) is 6.07 Å². The van der Waals surface area contributed by atoms with Gasteiger partial charge in [0.05, 0.1) is 13.2 Å². The van der Waals surface area contributed by atoms with Gasteiger partial charge in [0.25, 0.3) is 0 Å². The Kier molecular flexibility index (Phi) is 4.88. The second kappa shape index (κ2) is 5.97. The molecule has 0 aliphatic heterocycles. The molecule has 4 heteroatoms. The summed E-state index contributed by atoms with van der Waals surface area (Å²) in [5, 5.41) is 10.2. The van der Waals surface area contributed by atoms with Crippen LogP contribution in [0.3, 0.4) is 0 Å². The van der Waals surface area contributed by atoms with E-state index in [2.05, 4.69) is 0 Å². The quantitative estimate of drug-likeness (QED) is 0.765. The summed E-state index contributed by atoms with van der Waals surface area (Å²) in [6.07, 6.45) is 0. The molecule has 0 aliphatic carbocycles. The van der Waals surface area contributed by atoms with Crippen molar-refractivity contribution in [3.8, 4) is 5.75 Å². The molecule has 0 saturated heterocycles. The van der Waals surface area contributed by atoms with E-state index in [4.69, 9.17) is 9.05 Å². The molecule has 1 aromatic rings. The van der Waals surface area contributed by atoms with Crippen LogP contribution in [0.1, 0.15) is 13.8 Å². The van der Waals surface area contributed by atoms with Gasteiger partial charge in [-0.05, 0) is 32.0 Å². The molecule has 3 nitrogen and oxygen atoms in total. The van der Waals surface area contributed by atoms with Crippen LogP contribution in [0.25, 0.3) is 0 Å². The molecule has 0 amide bonds. The summed E-state index contributed by atoms with van der Waals surface area (Å²) in [5.41, 5.74) is 0. The van der Waals surface area contributed by atoms with Crippen molar-refractivity contribution in [2.45, 2.75) is 13.8 Å². The Morgan fingerprint density at radius 2 is 1.86 bits per heavy atom. The van der Waals surface area contributed by atoms with E-state index < -0.39 is 8.38 Å². The minimum absolute atomic E-state index is 0.245. The second-order valence-corrected chi connectivity index (χ2v) is 4.16. The summed E-state index contributed by atoms with van der Waals surface area (Å²) in [5.74, 6) is 0.245. The van der Waals surface area contributed by atoms with Crippen LogP contribution in [0, 0.1) is 0 Å². The van der Waals surface area contributed by atoms with Crippen LogP contribution in [0.2, 0.25) is 0 Å². The van der Waals surface area contributed by atoms with Gasteiger partial charge in [0.15, 0.2) is 0 Å². The fourth-order valence-corrected chi connectivity index (χ4v) is 2.31. The van der Waals surface area contributed by atoms with E-state index in [-0.39, 0.29) is 5.75 Å². The number of aromatic hydroxyl groups is 1. The van der Waals surface area contributed by atoms with Gasteiger partial charge in [0.2, 0.25) is 8.38 Å². The van der Waals surface area contributed by atoms with E-state index in [9.17, 15) is 5.11 Å². The Bertz CT molecular complexity index is 272. The lowest BCUT2D eigenvalue weighted by molar-refractivity contribution is 0.277. The summed E-state index contributed by atoms with van der Waals surface area (Å²) >= 11 is 0. The van der Waals surface area contributed by atoms with E-state index in [1.54, 1.807) is 18.2 Å². The van der Waals surface area contributed by atoms with E-state index in [1.807, 2.05) is 19.9 Å². The molecule has 1 N–H and O–H groups in total. The minimum Gasteiger partial charge on any atom is -0.508 e. The third-order valence-electron chi connectivity index (χ3n) is 1.53. The van der Waals surface area contributed by atoms with Crippen LogP contribution in [-0.4, -0.2) is 18.3 Å².